The van der Waals surface area contributed by atoms with Gasteiger partial charge in [-0.25, -0.2) is 13.1 Å². The summed E-state index contributed by atoms with van der Waals surface area (Å²) in [5, 5.41) is 0. The largest absolute Gasteiger partial charge is 0.212 e. The van der Waals surface area contributed by atoms with Gasteiger partial charge in [0.1, 0.15) is 0 Å². The van der Waals surface area contributed by atoms with E-state index >= 15 is 0 Å². The van der Waals surface area contributed by atoms with Gasteiger partial charge >= 0.3 is 0 Å². The molecule has 2 rings (SSSR count). The third-order valence-electron chi connectivity index (χ3n) is 4.04. The Morgan fingerprint density at radius 3 is 2.43 bits per heavy atom. The Labute approximate surface area is 133 Å². The Kier molecular flexibility index (Phi) is 6.52. The van der Waals surface area contributed by atoms with Crippen molar-refractivity contribution >= 4 is 21.6 Å². The predicted octanol–water partition coefficient (Wildman–Crippen LogP) is 3.34. The number of benzene rings is 1. The number of halogens is 1. The van der Waals surface area contributed by atoms with Crippen molar-refractivity contribution in [3.8, 4) is 0 Å². The van der Waals surface area contributed by atoms with Gasteiger partial charge in [-0.15, -0.1) is 11.6 Å². The van der Waals surface area contributed by atoms with Crippen LogP contribution >= 0.6 is 11.6 Å². The molecule has 1 saturated carbocycles. The summed E-state index contributed by atoms with van der Waals surface area (Å²) in [4.78, 5) is 0. The molecule has 0 aliphatic heterocycles. The summed E-state index contributed by atoms with van der Waals surface area (Å²) in [6.45, 7) is 0. The third kappa shape index (κ3) is 5.97. The Balaban J connectivity index is 1.90. The topological polar surface area (TPSA) is 46.2 Å². The smallest absolute Gasteiger partial charge is 0.212 e. The second-order valence-corrected chi connectivity index (χ2v) is 8.05. The molecule has 1 aromatic rings. The first kappa shape index (κ1) is 16.8. The van der Waals surface area contributed by atoms with Gasteiger partial charge in [-0.1, -0.05) is 49.6 Å². The first-order chi connectivity index (χ1) is 10.1. The van der Waals surface area contributed by atoms with Gasteiger partial charge in [0, 0.05) is 11.9 Å². The van der Waals surface area contributed by atoms with Gasteiger partial charge in [-0.3, -0.25) is 0 Å². The summed E-state index contributed by atoms with van der Waals surface area (Å²) >= 11 is 5.94. The number of hydrogen-bond donors (Lipinski definition) is 1. The van der Waals surface area contributed by atoms with E-state index in [1.54, 1.807) is 0 Å². The van der Waals surface area contributed by atoms with Crippen molar-refractivity contribution in [2.24, 2.45) is 5.92 Å². The molecule has 1 aromatic carbocycles. The summed E-state index contributed by atoms with van der Waals surface area (Å²) in [5.41, 5.74) is 1.10. The molecule has 0 amide bonds. The lowest BCUT2D eigenvalue weighted by atomic mass is 9.91. The van der Waals surface area contributed by atoms with Crippen LogP contribution in [0.3, 0.4) is 0 Å². The van der Waals surface area contributed by atoms with Gasteiger partial charge in [0.05, 0.1) is 5.75 Å². The summed E-state index contributed by atoms with van der Waals surface area (Å²) in [5.74, 6) is 0.845. The molecule has 0 heterocycles. The van der Waals surface area contributed by atoms with Crippen LogP contribution in [0.25, 0.3) is 0 Å². The first-order valence-electron chi connectivity index (χ1n) is 7.69. The van der Waals surface area contributed by atoms with E-state index < -0.39 is 10.0 Å². The molecular weight excluding hydrogens is 306 g/mol. The lowest BCUT2D eigenvalue weighted by molar-refractivity contribution is 0.383. The normalized spacial score (nSPS) is 18.5. The molecule has 1 aliphatic carbocycles. The van der Waals surface area contributed by atoms with Crippen LogP contribution in [-0.4, -0.2) is 26.1 Å². The minimum Gasteiger partial charge on any atom is -0.212 e. The van der Waals surface area contributed by atoms with Gasteiger partial charge in [0.2, 0.25) is 10.0 Å². The summed E-state index contributed by atoms with van der Waals surface area (Å²) in [6, 6.07) is 9.62. The van der Waals surface area contributed by atoms with Crippen molar-refractivity contribution in [2.45, 2.75) is 44.6 Å². The van der Waals surface area contributed by atoms with E-state index in [9.17, 15) is 8.42 Å². The number of sulfonamides is 1. The van der Waals surface area contributed by atoms with Crippen LogP contribution in [0.5, 0.6) is 0 Å². The second-order valence-electron chi connectivity index (χ2n) is 5.94. The van der Waals surface area contributed by atoms with E-state index in [1.807, 2.05) is 30.3 Å². The van der Waals surface area contributed by atoms with Gasteiger partial charge in [0.15, 0.2) is 0 Å². The van der Waals surface area contributed by atoms with Crippen LogP contribution in [-0.2, 0) is 16.4 Å². The highest BCUT2D eigenvalue weighted by Gasteiger charge is 2.23. The molecule has 1 fully saturated rings. The monoisotopic (exact) mass is 329 g/mol. The Hall–Kier alpha value is -0.580. The van der Waals surface area contributed by atoms with Gasteiger partial charge < -0.3 is 0 Å². The molecule has 1 atom stereocenters. The third-order valence-corrected chi connectivity index (χ3v) is 6.01. The van der Waals surface area contributed by atoms with Crippen LogP contribution in [0.4, 0.5) is 0 Å². The predicted molar refractivity (Wildman–Crippen MR) is 88.2 cm³/mol. The molecule has 0 bridgehead atoms. The number of rotatable bonds is 7. The Morgan fingerprint density at radius 2 is 1.81 bits per heavy atom. The van der Waals surface area contributed by atoms with Crippen molar-refractivity contribution in [1.29, 1.82) is 0 Å². The van der Waals surface area contributed by atoms with E-state index in [4.69, 9.17) is 11.6 Å². The van der Waals surface area contributed by atoms with Crippen LogP contribution in [0.15, 0.2) is 30.3 Å². The number of nitrogens with one attached hydrogen (secondary N) is 1. The standard InChI is InChI=1S/C16H24ClNO2S/c17-12-16(11-14-7-3-1-4-8-14)18-21(19,20)13-15-9-5-2-6-10-15/h1,3-4,7-8,15-16,18H,2,5-6,9-13H2. The van der Waals surface area contributed by atoms with Gasteiger partial charge in [-0.05, 0) is 30.7 Å². The SMILES string of the molecule is O=S(=O)(CC1CCCCC1)NC(CCl)Cc1ccccc1. The Bertz CT molecular complexity index is 512. The van der Waals surface area contributed by atoms with Crippen molar-refractivity contribution < 1.29 is 8.42 Å². The van der Waals surface area contributed by atoms with Crippen LogP contribution in [0.2, 0.25) is 0 Å². The highest BCUT2D eigenvalue weighted by molar-refractivity contribution is 7.89. The fourth-order valence-electron chi connectivity index (χ4n) is 2.99. The van der Waals surface area contributed by atoms with Crippen molar-refractivity contribution in [3.63, 3.8) is 0 Å². The lowest BCUT2D eigenvalue weighted by Gasteiger charge is -2.23. The molecule has 21 heavy (non-hydrogen) atoms. The van der Waals surface area contributed by atoms with E-state index in [-0.39, 0.29) is 11.8 Å². The van der Waals surface area contributed by atoms with E-state index in [2.05, 4.69) is 4.72 Å². The molecule has 5 heteroatoms. The van der Waals surface area contributed by atoms with Crippen molar-refractivity contribution in [1.82, 2.24) is 4.72 Å². The molecule has 1 N–H and O–H groups in total. The van der Waals surface area contributed by atoms with Gasteiger partial charge in [0.25, 0.3) is 0 Å². The van der Waals surface area contributed by atoms with E-state index in [0.29, 0.717) is 18.2 Å². The maximum absolute atomic E-state index is 12.3. The summed E-state index contributed by atoms with van der Waals surface area (Å²) in [6.07, 6.45) is 6.25. The highest BCUT2D eigenvalue weighted by Crippen LogP contribution is 2.24. The molecule has 0 spiro atoms. The maximum atomic E-state index is 12.3. The summed E-state index contributed by atoms with van der Waals surface area (Å²) < 4.78 is 27.4. The zero-order chi connectivity index (χ0) is 15.1. The van der Waals surface area contributed by atoms with Crippen LogP contribution in [0, 0.1) is 5.92 Å². The average Bonchev–Trinajstić information content (AvgIpc) is 2.48. The molecule has 0 radical (unpaired) electrons. The molecule has 0 saturated heterocycles. The van der Waals surface area contributed by atoms with Gasteiger partial charge in [-0.2, -0.15) is 0 Å². The zero-order valence-corrected chi connectivity index (χ0v) is 13.9. The van der Waals surface area contributed by atoms with Crippen LogP contribution < -0.4 is 4.72 Å². The van der Waals surface area contributed by atoms with E-state index in [0.717, 1.165) is 31.2 Å². The van der Waals surface area contributed by atoms with E-state index in [1.165, 1.54) is 6.42 Å². The second kappa shape index (κ2) is 8.16. The zero-order valence-electron chi connectivity index (χ0n) is 12.3. The lowest BCUT2D eigenvalue weighted by Crippen LogP contribution is -2.40. The highest BCUT2D eigenvalue weighted by atomic mass is 35.5. The fourth-order valence-corrected chi connectivity index (χ4v) is 4.99. The summed E-state index contributed by atoms with van der Waals surface area (Å²) in [7, 11) is -3.25. The minimum atomic E-state index is -3.25. The molecule has 1 aliphatic rings. The quantitative estimate of drug-likeness (QED) is 0.780. The van der Waals surface area contributed by atoms with Crippen molar-refractivity contribution in [3.05, 3.63) is 35.9 Å². The number of hydrogen-bond acceptors (Lipinski definition) is 2. The maximum Gasteiger partial charge on any atom is 0.212 e. The van der Waals surface area contributed by atoms with Crippen LogP contribution in [0.1, 0.15) is 37.7 Å². The molecular formula is C16H24ClNO2S. The average molecular weight is 330 g/mol. The molecule has 118 valence electrons. The Morgan fingerprint density at radius 1 is 1.14 bits per heavy atom. The molecule has 0 aromatic heterocycles. The first-order valence-corrected chi connectivity index (χ1v) is 9.87. The molecule has 3 nitrogen and oxygen atoms in total. The minimum absolute atomic E-state index is 0.234. The fraction of sp³-hybridized carbons (Fsp3) is 0.625. The van der Waals surface area contributed by atoms with Crippen molar-refractivity contribution in [2.75, 3.05) is 11.6 Å². The number of alkyl halides is 1. The molecule has 1 unspecified atom stereocenters.